The summed E-state index contributed by atoms with van der Waals surface area (Å²) in [6.45, 7) is 11.2. The van der Waals surface area contributed by atoms with Gasteiger partial charge in [-0.25, -0.2) is 14.8 Å². The monoisotopic (exact) mass is 661 g/mol. The smallest absolute Gasteiger partial charge is 0.407 e. The number of alkyl carbamates (subject to hydrolysis) is 1. The van der Waals surface area contributed by atoms with Crippen LogP contribution in [0.15, 0.2) is 54.9 Å². The molecule has 1 unspecified atom stereocenters. The number of carboxylic acids is 1. The highest BCUT2D eigenvalue weighted by Gasteiger charge is 2.27. The summed E-state index contributed by atoms with van der Waals surface area (Å²) in [6.07, 6.45) is 7.54. The van der Waals surface area contributed by atoms with Crippen LogP contribution in [0.4, 0.5) is 4.79 Å². The van der Waals surface area contributed by atoms with E-state index in [-0.39, 0.29) is 24.0 Å². The Labute approximate surface area is 279 Å². The van der Waals surface area contributed by atoms with E-state index < -0.39 is 36.0 Å². The Kier molecular flexibility index (Phi) is 11.5. The van der Waals surface area contributed by atoms with Crippen LogP contribution in [0.3, 0.4) is 0 Å². The summed E-state index contributed by atoms with van der Waals surface area (Å²) < 4.78 is 5.18. The fourth-order valence-electron chi connectivity index (χ4n) is 4.99. The average molecular weight is 662 g/mol. The van der Waals surface area contributed by atoms with Crippen molar-refractivity contribution in [3.63, 3.8) is 0 Å². The molecule has 1 aliphatic rings. The van der Waals surface area contributed by atoms with Crippen molar-refractivity contribution in [1.82, 2.24) is 25.9 Å². The first-order valence-electron chi connectivity index (χ1n) is 15.7. The second kappa shape index (κ2) is 15.3. The third-order valence-electron chi connectivity index (χ3n) is 7.67. The number of ether oxygens (including phenoxy) is 1. The molecule has 4 rings (SSSR count). The summed E-state index contributed by atoms with van der Waals surface area (Å²) in [5.74, 6) is -1.61. The summed E-state index contributed by atoms with van der Waals surface area (Å²) in [7, 11) is 0. The Hall–Kier alpha value is -4.58. The van der Waals surface area contributed by atoms with Crippen LogP contribution < -0.4 is 16.0 Å². The quantitative estimate of drug-likeness (QED) is 0.210. The van der Waals surface area contributed by atoms with Gasteiger partial charge in [0, 0.05) is 40.9 Å². The molecule has 0 spiro atoms. The lowest BCUT2D eigenvalue weighted by Crippen LogP contribution is -2.51. The molecular formula is C35H43N5O6S. The lowest BCUT2D eigenvalue weighted by atomic mass is 9.92. The average Bonchev–Trinajstić information content (AvgIpc) is 3.53. The maximum absolute atomic E-state index is 13.1. The molecule has 47 heavy (non-hydrogen) atoms. The number of nitrogens with zero attached hydrogens (tertiary/aromatic N) is 2. The number of aliphatic carboxylic acids is 1. The third-order valence-corrected chi connectivity index (χ3v) is 9.18. The van der Waals surface area contributed by atoms with Crippen LogP contribution in [0, 0.1) is 0 Å². The fraction of sp³-hybridized carbons (Fsp3) is 0.429. The summed E-state index contributed by atoms with van der Waals surface area (Å²) in [4.78, 5) is 60.2. The molecule has 2 heterocycles. The molecule has 0 saturated carbocycles. The van der Waals surface area contributed by atoms with E-state index in [0.717, 1.165) is 40.0 Å². The van der Waals surface area contributed by atoms with Crippen molar-refractivity contribution in [2.45, 2.75) is 96.9 Å². The lowest BCUT2D eigenvalue weighted by molar-refractivity contribution is -0.141. The second-order valence-electron chi connectivity index (χ2n) is 13.0. The molecule has 0 saturated heterocycles. The summed E-state index contributed by atoms with van der Waals surface area (Å²) >= 11 is 1.36. The number of thiophene rings is 1. The van der Waals surface area contributed by atoms with Crippen LogP contribution in [-0.2, 0) is 26.2 Å². The number of hydrogen-bond acceptors (Lipinski definition) is 8. The topological polar surface area (TPSA) is 160 Å². The van der Waals surface area contributed by atoms with Crippen LogP contribution in [0.2, 0.25) is 0 Å². The first-order valence-corrected chi connectivity index (χ1v) is 16.5. The highest BCUT2D eigenvalue weighted by atomic mass is 32.1. The van der Waals surface area contributed by atoms with Crippen molar-refractivity contribution >= 4 is 40.8 Å². The number of hydrogen-bond donors (Lipinski definition) is 4. The van der Waals surface area contributed by atoms with Gasteiger partial charge in [-0.05, 0) is 68.7 Å². The van der Waals surface area contributed by atoms with Gasteiger partial charge in [0.2, 0.25) is 5.91 Å². The van der Waals surface area contributed by atoms with Gasteiger partial charge >= 0.3 is 12.1 Å². The van der Waals surface area contributed by atoms with Gasteiger partial charge in [-0.1, -0.05) is 51.1 Å². The number of amides is 3. The van der Waals surface area contributed by atoms with Gasteiger partial charge in [0.15, 0.2) is 5.82 Å². The molecule has 250 valence electrons. The van der Waals surface area contributed by atoms with Crippen molar-refractivity contribution < 1.29 is 29.0 Å². The second-order valence-corrected chi connectivity index (χ2v) is 14.1. The zero-order valence-electron chi connectivity index (χ0n) is 27.6. The normalized spacial score (nSPS) is 16.1. The molecule has 11 nitrogen and oxygen atoms in total. The number of carboxylic acid groups (broad SMARTS) is 1. The predicted octanol–water partition coefficient (Wildman–Crippen LogP) is 5.50. The zero-order valence-corrected chi connectivity index (χ0v) is 28.4. The number of carbonyl (C=O) groups is 4. The van der Waals surface area contributed by atoms with Crippen molar-refractivity contribution in [2.75, 3.05) is 0 Å². The van der Waals surface area contributed by atoms with E-state index in [2.05, 4.69) is 52.8 Å². The van der Waals surface area contributed by atoms with Crippen molar-refractivity contribution in [3.05, 3.63) is 75.7 Å². The van der Waals surface area contributed by atoms with Crippen molar-refractivity contribution in [3.8, 4) is 11.4 Å². The maximum atomic E-state index is 13.1. The SMILES string of the molecule is CC(C)OC(=O)NC1CC=C(c2cnc(-c3ccc(C[C@H](NC(=O)c4ccc(C(C)(C)C)s4)C(=O)N[C@H](C)C(=O)O)cc3)nc2)CC1. The van der Waals surface area contributed by atoms with Gasteiger partial charge in [-0.3, -0.25) is 14.4 Å². The van der Waals surface area contributed by atoms with Crippen LogP contribution in [0.25, 0.3) is 17.0 Å². The number of allylic oxidation sites excluding steroid dienone is 1. The van der Waals surface area contributed by atoms with E-state index in [0.29, 0.717) is 17.1 Å². The van der Waals surface area contributed by atoms with E-state index in [1.807, 2.05) is 44.2 Å². The van der Waals surface area contributed by atoms with Gasteiger partial charge in [0.1, 0.15) is 12.1 Å². The van der Waals surface area contributed by atoms with Gasteiger partial charge in [0.25, 0.3) is 5.91 Å². The van der Waals surface area contributed by atoms with Crippen LogP contribution in [0.5, 0.6) is 0 Å². The summed E-state index contributed by atoms with van der Waals surface area (Å²) in [5.41, 5.74) is 3.48. The number of carbonyl (C=O) groups excluding carboxylic acids is 3. The Morgan fingerprint density at radius 2 is 1.66 bits per heavy atom. The van der Waals surface area contributed by atoms with Crippen LogP contribution >= 0.6 is 11.3 Å². The minimum atomic E-state index is -1.17. The lowest BCUT2D eigenvalue weighted by Gasteiger charge is -2.23. The molecule has 0 radical (unpaired) electrons. The van der Waals surface area contributed by atoms with Gasteiger partial charge < -0.3 is 25.8 Å². The number of rotatable bonds is 11. The number of nitrogens with one attached hydrogen (secondary N) is 3. The standard InChI is InChI=1S/C35H43N5O6S/c1-20(2)46-34(45)39-26-13-11-23(12-14-26)25-18-36-30(37-19-25)24-9-7-22(8-10-24)17-27(31(41)38-21(3)33(43)44)40-32(42)28-15-16-29(47-28)35(4,5)6/h7-11,15-16,18-21,26-27H,12-14,17H2,1-6H3,(H,38,41)(H,39,45)(H,40,42)(H,43,44)/t21-,26?,27+/m1/s1. The van der Waals surface area contributed by atoms with E-state index in [4.69, 9.17) is 4.74 Å². The molecule has 12 heteroatoms. The van der Waals surface area contributed by atoms with E-state index >= 15 is 0 Å². The Balaban J connectivity index is 1.42. The number of benzene rings is 1. The molecule has 1 aliphatic carbocycles. The Morgan fingerprint density at radius 1 is 0.979 bits per heavy atom. The van der Waals surface area contributed by atoms with E-state index in [9.17, 15) is 24.3 Å². The first kappa shape index (κ1) is 35.3. The van der Waals surface area contributed by atoms with E-state index in [1.165, 1.54) is 18.3 Å². The molecule has 3 aromatic rings. The fourth-order valence-corrected chi connectivity index (χ4v) is 5.96. The Morgan fingerprint density at radius 3 is 2.21 bits per heavy atom. The van der Waals surface area contributed by atoms with Gasteiger partial charge in [-0.2, -0.15) is 0 Å². The maximum Gasteiger partial charge on any atom is 0.407 e. The van der Waals surface area contributed by atoms with Crippen molar-refractivity contribution in [1.29, 1.82) is 0 Å². The van der Waals surface area contributed by atoms with Crippen LogP contribution in [-0.4, -0.2) is 63.2 Å². The minimum Gasteiger partial charge on any atom is -0.480 e. The molecule has 3 amide bonds. The molecule has 1 aromatic carbocycles. The highest BCUT2D eigenvalue weighted by molar-refractivity contribution is 7.14. The first-order chi connectivity index (χ1) is 22.2. The molecule has 2 aromatic heterocycles. The highest BCUT2D eigenvalue weighted by Crippen LogP contribution is 2.30. The third kappa shape index (κ3) is 9.95. The molecular weight excluding hydrogens is 618 g/mol. The summed E-state index contributed by atoms with van der Waals surface area (Å²) in [6, 6.07) is 8.93. The van der Waals surface area contributed by atoms with E-state index in [1.54, 1.807) is 18.5 Å². The zero-order chi connectivity index (χ0) is 34.3. The van der Waals surface area contributed by atoms with Crippen LogP contribution in [0.1, 0.15) is 86.5 Å². The van der Waals surface area contributed by atoms with Gasteiger partial charge in [-0.15, -0.1) is 11.3 Å². The molecule has 4 N–H and O–H groups in total. The molecule has 0 aliphatic heterocycles. The minimum absolute atomic E-state index is 0.0280. The molecule has 0 fully saturated rings. The van der Waals surface area contributed by atoms with Gasteiger partial charge in [0.05, 0.1) is 11.0 Å². The largest absolute Gasteiger partial charge is 0.480 e. The number of aromatic nitrogens is 2. The molecule has 3 atom stereocenters. The van der Waals surface area contributed by atoms with Crippen molar-refractivity contribution in [2.24, 2.45) is 0 Å². The predicted molar refractivity (Wildman–Crippen MR) is 181 cm³/mol. The molecule has 0 bridgehead atoms. The Bertz CT molecular complexity index is 1610. The summed E-state index contributed by atoms with van der Waals surface area (Å²) in [5, 5.41) is 17.5.